The van der Waals surface area contributed by atoms with Crippen molar-refractivity contribution >= 4 is 17.5 Å². The van der Waals surface area contributed by atoms with Gasteiger partial charge < -0.3 is 14.1 Å². The van der Waals surface area contributed by atoms with Crippen LogP contribution in [-0.2, 0) is 17.6 Å². The van der Waals surface area contributed by atoms with E-state index in [1.54, 1.807) is 13.3 Å². The number of ether oxygens (including phenoxy) is 1. The summed E-state index contributed by atoms with van der Waals surface area (Å²) in [5.41, 5.74) is 1.96. The number of para-hydroxylation sites is 1. The van der Waals surface area contributed by atoms with Gasteiger partial charge in [0.2, 0.25) is 11.8 Å². The second-order valence-corrected chi connectivity index (χ2v) is 8.00. The van der Waals surface area contributed by atoms with E-state index < -0.39 is 0 Å². The van der Waals surface area contributed by atoms with Crippen LogP contribution in [0.2, 0.25) is 5.02 Å². The summed E-state index contributed by atoms with van der Waals surface area (Å²) in [6.07, 6.45) is 5.58. The van der Waals surface area contributed by atoms with Crippen molar-refractivity contribution in [3.63, 3.8) is 0 Å². The van der Waals surface area contributed by atoms with Gasteiger partial charge in [0.25, 0.3) is 0 Å². The first kappa shape index (κ1) is 20.5. The van der Waals surface area contributed by atoms with Crippen molar-refractivity contribution in [2.45, 2.75) is 38.1 Å². The smallest absolute Gasteiger partial charge is 0.227 e. The number of methoxy groups -OCH3 is 1. The number of nitrogens with zero attached hydrogens (tertiary/aromatic N) is 2. The molecule has 30 heavy (non-hydrogen) atoms. The number of hydrogen-bond acceptors (Lipinski definition) is 4. The summed E-state index contributed by atoms with van der Waals surface area (Å²) < 4.78 is 11.5. The lowest BCUT2D eigenvalue weighted by Crippen LogP contribution is -2.39. The minimum atomic E-state index is -0.130. The van der Waals surface area contributed by atoms with Crippen LogP contribution in [0.4, 0.5) is 0 Å². The van der Waals surface area contributed by atoms with Gasteiger partial charge in [-0.15, -0.1) is 0 Å². The summed E-state index contributed by atoms with van der Waals surface area (Å²) >= 11 is 6.08. The molecule has 156 valence electrons. The fraction of sp³-hybridized carbons (Fsp3) is 0.333. The molecular weight excluding hydrogens is 400 g/mol. The molecule has 6 heteroatoms. The van der Waals surface area contributed by atoms with Gasteiger partial charge in [0.05, 0.1) is 19.7 Å². The molecule has 1 aliphatic heterocycles. The van der Waals surface area contributed by atoms with E-state index in [1.165, 1.54) is 0 Å². The molecule has 1 atom stereocenters. The van der Waals surface area contributed by atoms with Gasteiger partial charge in [-0.1, -0.05) is 41.9 Å². The van der Waals surface area contributed by atoms with E-state index in [0.29, 0.717) is 30.3 Å². The van der Waals surface area contributed by atoms with Crippen LogP contribution in [0.1, 0.15) is 48.1 Å². The molecule has 0 saturated carbocycles. The molecule has 1 aromatic heterocycles. The fourth-order valence-electron chi connectivity index (χ4n) is 4.01. The third-order valence-corrected chi connectivity index (χ3v) is 5.72. The monoisotopic (exact) mass is 424 g/mol. The number of rotatable bonds is 6. The molecule has 0 unspecified atom stereocenters. The number of carbonyl (C=O) groups excluding carboxylic acids is 1. The molecule has 2 aromatic carbocycles. The highest BCUT2D eigenvalue weighted by Crippen LogP contribution is 2.32. The quantitative estimate of drug-likeness (QED) is 0.544. The van der Waals surface area contributed by atoms with Crippen LogP contribution >= 0.6 is 11.6 Å². The summed E-state index contributed by atoms with van der Waals surface area (Å²) in [5, 5.41) is 0.702. The maximum absolute atomic E-state index is 13.1. The maximum atomic E-state index is 13.1. The first-order chi connectivity index (χ1) is 14.6. The van der Waals surface area contributed by atoms with E-state index >= 15 is 0 Å². The number of halogens is 1. The highest BCUT2D eigenvalue weighted by molar-refractivity contribution is 6.30. The average molecular weight is 425 g/mol. The predicted molar refractivity (Wildman–Crippen MR) is 116 cm³/mol. The molecule has 0 radical (unpaired) electrons. The second-order valence-electron chi connectivity index (χ2n) is 7.56. The van der Waals surface area contributed by atoms with Crippen molar-refractivity contribution in [3.05, 3.63) is 82.5 Å². The Labute approximate surface area is 181 Å². The van der Waals surface area contributed by atoms with Gasteiger partial charge >= 0.3 is 0 Å². The first-order valence-corrected chi connectivity index (χ1v) is 10.6. The summed E-state index contributed by atoms with van der Waals surface area (Å²) in [4.78, 5) is 19.6. The Hall–Kier alpha value is -2.79. The molecule has 0 spiro atoms. The van der Waals surface area contributed by atoms with E-state index in [2.05, 4.69) is 4.98 Å². The van der Waals surface area contributed by atoms with Crippen molar-refractivity contribution in [1.82, 2.24) is 9.88 Å². The number of carbonyl (C=O) groups is 1. The summed E-state index contributed by atoms with van der Waals surface area (Å²) in [6.45, 7) is 0.713. The van der Waals surface area contributed by atoms with Crippen LogP contribution in [0.3, 0.4) is 0 Å². The Bertz CT molecular complexity index is 1020. The molecule has 4 rings (SSSR count). The lowest BCUT2D eigenvalue weighted by Gasteiger charge is -2.34. The number of aromatic nitrogens is 1. The zero-order valence-electron chi connectivity index (χ0n) is 17.0. The fourth-order valence-corrected chi connectivity index (χ4v) is 4.22. The van der Waals surface area contributed by atoms with Crippen LogP contribution in [-0.4, -0.2) is 29.4 Å². The minimum Gasteiger partial charge on any atom is -0.496 e. The number of benzene rings is 2. The highest BCUT2D eigenvalue weighted by atomic mass is 35.5. The van der Waals surface area contributed by atoms with Crippen LogP contribution in [0.25, 0.3) is 0 Å². The van der Waals surface area contributed by atoms with Crippen LogP contribution < -0.4 is 4.74 Å². The lowest BCUT2D eigenvalue weighted by molar-refractivity contribution is -0.135. The lowest BCUT2D eigenvalue weighted by atomic mass is 10.0. The van der Waals surface area contributed by atoms with E-state index in [0.717, 1.165) is 41.9 Å². The number of piperidine rings is 1. The topological polar surface area (TPSA) is 55.6 Å². The van der Waals surface area contributed by atoms with Gasteiger partial charge in [0, 0.05) is 23.6 Å². The number of hydrogen-bond donors (Lipinski definition) is 0. The van der Waals surface area contributed by atoms with Gasteiger partial charge in [0.1, 0.15) is 17.6 Å². The van der Waals surface area contributed by atoms with Crippen LogP contribution in [0.15, 0.2) is 59.1 Å². The summed E-state index contributed by atoms with van der Waals surface area (Å²) in [5.74, 6) is 2.19. The minimum absolute atomic E-state index is 0.0683. The van der Waals surface area contributed by atoms with Crippen LogP contribution in [0, 0.1) is 0 Å². The van der Waals surface area contributed by atoms with E-state index in [1.807, 2.05) is 53.4 Å². The van der Waals surface area contributed by atoms with Crippen molar-refractivity contribution in [2.24, 2.45) is 0 Å². The zero-order valence-corrected chi connectivity index (χ0v) is 17.8. The Balaban J connectivity index is 1.50. The molecule has 1 fully saturated rings. The number of oxazole rings is 1. The average Bonchev–Trinajstić information content (AvgIpc) is 3.22. The molecular formula is C24H25ClN2O3. The van der Waals surface area contributed by atoms with Gasteiger partial charge in [-0.2, -0.15) is 0 Å². The van der Waals surface area contributed by atoms with Crippen LogP contribution in [0.5, 0.6) is 5.75 Å². The number of likely N-dealkylation sites (tertiary alicyclic amines) is 1. The molecule has 1 aliphatic rings. The normalized spacial score (nSPS) is 16.5. The largest absolute Gasteiger partial charge is 0.496 e. The molecule has 3 aromatic rings. The Morgan fingerprint density at radius 1 is 1.23 bits per heavy atom. The zero-order chi connectivity index (χ0) is 20.9. The summed E-state index contributed by atoms with van der Waals surface area (Å²) in [7, 11) is 1.63. The van der Waals surface area contributed by atoms with Crippen molar-refractivity contribution in [2.75, 3.05) is 13.7 Å². The third-order valence-electron chi connectivity index (χ3n) is 5.48. The predicted octanol–water partition coefficient (Wildman–Crippen LogP) is 5.22. The molecule has 5 nitrogen and oxygen atoms in total. The molecule has 0 N–H and O–H groups in total. The standard InChI is InChI=1S/C24H25ClN2O3/c1-29-22-11-3-2-8-18(22)15-23(28)27-12-5-4-10-21(27)24-26-16-20(30-24)14-17-7-6-9-19(25)13-17/h2-3,6-9,11,13,16,21H,4-5,10,12,14-15H2,1H3/t21-/m1/s1. The van der Waals surface area contributed by atoms with Crippen molar-refractivity contribution in [1.29, 1.82) is 0 Å². The van der Waals surface area contributed by atoms with Crippen molar-refractivity contribution in [3.8, 4) is 5.75 Å². The Kier molecular flexibility index (Phi) is 6.38. The summed E-state index contributed by atoms with van der Waals surface area (Å²) in [6, 6.07) is 15.2. The maximum Gasteiger partial charge on any atom is 0.227 e. The van der Waals surface area contributed by atoms with Crippen molar-refractivity contribution < 1.29 is 13.9 Å². The Morgan fingerprint density at radius 3 is 2.93 bits per heavy atom. The van der Waals surface area contributed by atoms with E-state index in [9.17, 15) is 4.79 Å². The molecule has 0 aliphatic carbocycles. The van der Waals surface area contributed by atoms with E-state index in [-0.39, 0.29) is 11.9 Å². The van der Waals surface area contributed by atoms with Gasteiger partial charge in [0.15, 0.2) is 0 Å². The van der Waals surface area contributed by atoms with Gasteiger partial charge in [-0.05, 0) is 43.0 Å². The molecule has 0 bridgehead atoms. The highest BCUT2D eigenvalue weighted by Gasteiger charge is 2.31. The van der Waals surface area contributed by atoms with Gasteiger partial charge in [-0.25, -0.2) is 4.98 Å². The molecule has 1 amide bonds. The number of amides is 1. The Morgan fingerprint density at radius 2 is 2.10 bits per heavy atom. The van der Waals surface area contributed by atoms with E-state index in [4.69, 9.17) is 20.8 Å². The third kappa shape index (κ3) is 4.68. The second kappa shape index (κ2) is 9.35. The molecule has 2 heterocycles. The SMILES string of the molecule is COc1ccccc1CC(=O)N1CCCC[C@@H]1c1ncc(Cc2cccc(Cl)c2)o1. The molecule has 1 saturated heterocycles. The van der Waals surface area contributed by atoms with Gasteiger partial charge in [-0.3, -0.25) is 4.79 Å². The first-order valence-electron chi connectivity index (χ1n) is 10.2.